The number of para-hydroxylation sites is 2. The standard InChI is InChI=1S/C17H18N4O4/c22-14-9-21(17(24)19-14)10-15(23)20-7-3-4-11(8-20)16-18-12-5-1-2-6-13(12)25-16/h1-2,5-6,11H,3-4,7-10H2,(H,19,22,24)/t11-/m0/s1. The van der Waals surface area contributed by atoms with Gasteiger partial charge < -0.3 is 14.2 Å². The number of hydrogen-bond acceptors (Lipinski definition) is 5. The predicted molar refractivity (Wildman–Crippen MR) is 87.7 cm³/mol. The third kappa shape index (κ3) is 3.07. The lowest BCUT2D eigenvalue weighted by Gasteiger charge is -2.32. The fourth-order valence-electron chi connectivity index (χ4n) is 3.34. The summed E-state index contributed by atoms with van der Waals surface area (Å²) >= 11 is 0. The van der Waals surface area contributed by atoms with Crippen LogP contribution in [-0.4, -0.2) is 58.8 Å². The van der Waals surface area contributed by atoms with Crippen LogP contribution >= 0.6 is 0 Å². The van der Waals surface area contributed by atoms with Gasteiger partial charge in [0.2, 0.25) is 11.8 Å². The number of fused-ring (bicyclic) bond motifs is 1. The van der Waals surface area contributed by atoms with Crippen molar-refractivity contribution in [2.75, 3.05) is 26.2 Å². The molecule has 4 rings (SSSR count). The number of benzene rings is 1. The minimum Gasteiger partial charge on any atom is -0.440 e. The van der Waals surface area contributed by atoms with E-state index in [-0.39, 0.29) is 30.8 Å². The van der Waals surface area contributed by atoms with E-state index in [0.29, 0.717) is 19.0 Å². The average Bonchev–Trinajstić information content (AvgIpc) is 3.18. The van der Waals surface area contributed by atoms with E-state index in [1.54, 1.807) is 4.90 Å². The summed E-state index contributed by atoms with van der Waals surface area (Å²) in [5.74, 6) is 0.151. The number of oxazole rings is 1. The number of aromatic nitrogens is 1. The van der Waals surface area contributed by atoms with Crippen molar-refractivity contribution in [1.29, 1.82) is 0 Å². The lowest BCUT2D eigenvalue weighted by Crippen LogP contribution is -2.45. The van der Waals surface area contributed by atoms with Gasteiger partial charge >= 0.3 is 6.03 Å². The van der Waals surface area contributed by atoms with Crippen molar-refractivity contribution in [3.8, 4) is 0 Å². The van der Waals surface area contributed by atoms with Crippen molar-refractivity contribution >= 4 is 28.9 Å². The zero-order valence-corrected chi connectivity index (χ0v) is 13.6. The molecule has 0 bridgehead atoms. The van der Waals surface area contributed by atoms with Crippen LogP contribution in [-0.2, 0) is 9.59 Å². The maximum atomic E-state index is 12.5. The first kappa shape index (κ1) is 15.6. The van der Waals surface area contributed by atoms with E-state index in [4.69, 9.17) is 4.42 Å². The highest BCUT2D eigenvalue weighted by Gasteiger charge is 2.32. The Balaban J connectivity index is 1.44. The molecule has 25 heavy (non-hydrogen) atoms. The maximum Gasteiger partial charge on any atom is 0.325 e. The number of rotatable bonds is 3. The molecule has 0 radical (unpaired) electrons. The molecule has 1 N–H and O–H groups in total. The maximum absolute atomic E-state index is 12.5. The minimum atomic E-state index is -0.508. The number of hydrogen-bond donors (Lipinski definition) is 1. The van der Waals surface area contributed by atoms with Gasteiger partial charge in [0.15, 0.2) is 11.5 Å². The molecule has 2 aromatic rings. The van der Waals surface area contributed by atoms with E-state index in [2.05, 4.69) is 10.3 Å². The molecule has 130 valence electrons. The summed E-state index contributed by atoms with van der Waals surface area (Å²) in [6.07, 6.45) is 1.75. The average molecular weight is 342 g/mol. The Morgan fingerprint density at radius 1 is 1.32 bits per heavy atom. The van der Waals surface area contributed by atoms with Crippen LogP contribution in [0.5, 0.6) is 0 Å². The second-order valence-electron chi connectivity index (χ2n) is 6.41. The van der Waals surface area contributed by atoms with Crippen LogP contribution in [0.3, 0.4) is 0 Å². The molecule has 0 unspecified atom stereocenters. The fraction of sp³-hybridized carbons (Fsp3) is 0.412. The van der Waals surface area contributed by atoms with Crippen LogP contribution in [0.15, 0.2) is 28.7 Å². The number of urea groups is 1. The Bertz CT molecular complexity index is 813. The number of piperidine rings is 1. The third-order valence-electron chi connectivity index (χ3n) is 4.63. The van der Waals surface area contributed by atoms with Gasteiger partial charge in [0, 0.05) is 13.1 Å². The summed E-state index contributed by atoms with van der Waals surface area (Å²) in [5, 5.41) is 2.18. The summed E-state index contributed by atoms with van der Waals surface area (Å²) in [4.78, 5) is 42.8. The van der Waals surface area contributed by atoms with Gasteiger partial charge in [-0.2, -0.15) is 0 Å². The molecule has 3 heterocycles. The minimum absolute atomic E-state index is 0.0409. The number of carbonyl (C=O) groups excluding carboxylic acids is 3. The van der Waals surface area contributed by atoms with Gasteiger partial charge in [-0.3, -0.25) is 14.9 Å². The van der Waals surface area contributed by atoms with E-state index in [0.717, 1.165) is 23.9 Å². The van der Waals surface area contributed by atoms with Crippen LogP contribution < -0.4 is 5.32 Å². The summed E-state index contributed by atoms with van der Waals surface area (Å²) in [6, 6.07) is 7.08. The number of amides is 4. The Morgan fingerprint density at radius 3 is 2.92 bits per heavy atom. The van der Waals surface area contributed by atoms with E-state index in [1.807, 2.05) is 24.3 Å². The van der Waals surface area contributed by atoms with Crippen molar-refractivity contribution in [2.45, 2.75) is 18.8 Å². The van der Waals surface area contributed by atoms with Crippen LogP contribution in [0.25, 0.3) is 11.1 Å². The van der Waals surface area contributed by atoms with Crippen molar-refractivity contribution < 1.29 is 18.8 Å². The number of carbonyl (C=O) groups is 3. The zero-order chi connectivity index (χ0) is 17.4. The number of nitrogens with one attached hydrogen (secondary N) is 1. The molecule has 0 saturated carbocycles. The predicted octanol–water partition coefficient (Wildman–Crippen LogP) is 1.09. The van der Waals surface area contributed by atoms with E-state index < -0.39 is 6.03 Å². The topological polar surface area (TPSA) is 95.8 Å². The largest absolute Gasteiger partial charge is 0.440 e. The molecule has 8 heteroatoms. The number of likely N-dealkylation sites (tertiary alicyclic amines) is 1. The molecular formula is C17H18N4O4. The van der Waals surface area contributed by atoms with Gasteiger partial charge in [0.25, 0.3) is 0 Å². The van der Waals surface area contributed by atoms with Gasteiger partial charge in [0.1, 0.15) is 18.6 Å². The van der Waals surface area contributed by atoms with Gasteiger partial charge in [0.05, 0.1) is 5.92 Å². The van der Waals surface area contributed by atoms with Gasteiger partial charge in [-0.25, -0.2) is 9.78 Å². The van der Waals surface area contributed by atoms with Gasteiger partial charge in [-0.1, -0.05) is 12.1 Å². The Kier molecular flexibility index (Phi) is 3.87. The molecule has 1 aromatic carbocycles. The summed E-state index contributed by atoms with van der Waals surface area (Å²) < 4.78 is 5.83. The first-order valence-corrected chi connectivity index (χ1v) is 8.32. The summed E-state index contributed by atoms with van der Waals surface area (Å²) in [6.45, 7) is 0.999. The molecule has 1 aromatic heterocycles. The lowest BCUT2D eigenvalue weighted by molar-refractivity contribution is -0.133. The molecule has 2 saturated heterocycles. The summed E-state index contributed by atoms with van der Waals surface area (Å²) in [5.41, 5.74) is 1.56. The highest BCUT2D eigenvalue weighted by atomic mass is 16.3. The van der Waals surface area contributed by atoms with Crippen molar-refractivity contribution in [3.05, 3.63) is 30.2 Å². The Labute approximate surface area is 143 Å². The van der Waals surface area contributed by atoms with Crippen molar-refractivity contribution in [3.63, 3.8) is 0 Å². The molecular weight excluding hydrogens is 324 g/mol. The zero-order valence-electron chi connectivity index (χ0n) is 13.6. The molecule has 2 aliphatic heterocycles. The van der Waals surface area contributed by atoms with E-state index in [9.17, 15) is 14.4 Å². The monoisotopic (exact) mass is 342 g/mol. The highest BCUT2D eigenvalue weighted by Crippen LogP contribution is 2.29. The molecule has 4 amide bonds. The molecule has 0 aliphatic carbocycles. The van der Waals surface area contributed by atoms with Crippen LogP contribution in [0, 0.1) is 0 Å². The van der Waals surface area contributed by atoms with Crippen molar-refractivity contribution in [1.82, 2.24) is 20.1 Å². The Hall–Kier alpha value is -2.90. The fourth-order valence-corrected chi connectivity index (χ4v) is 3.34. The number of nitrogens with zero attached hydrogens (tertiary/aromatic N) is 3. The smallest absolute Gasteiger partial charge is 0.325 e. The SMILES string of the molecule is O=C1CN(CC(=O)N2CCC[C@H](c3nc4ccccc4o3)C2)C(=O)N1. The van der Waals surface area contributed by atoms with Crippen LogP contribution in [0.2, 0.25) is 0 Å². The first-order valence-electron chi connectivity index (χ1n) is 8.32. The number of imide groups is 1. The third-order valence-corrected chi connectivity index (χ3v) is 4.63. The van der Waals surface area contributed by atoms with Crippen LogP contribution in [0.4, 0.5) is 4.79 Å². The summed E-state index contributed by atoms with van der Waals surface area (Å²) in [7, 11) is 0. The van der Waals surface area contributed by atoms with E-state index >= 15 is 0 Å². The van der Waals surface area contributed by atoms with Crippen LogP contribution in [0.1, 0.15) is 24.7 Å². The molecule has 0 spiro atoms. The van der Waals surface area contributed by atoms with E-state index in [1.165, 1.54) is 4.90 Å². The lowest BCUT2D eigenvalue weighted by atomic mass is 9.98. The van der Waals surface area contributed by atoms with Crippen molar-refractivity contribution in [2.24, 2.45) is 0 Å². The second-order valence-corrected chi connectivity index (χ2v) is 6.41. The molecule has 8 nitrogen and oxygen atoms in total. The first-order chi connectivity index (χ1) is 12.1. The van der Waals surface area contributed by atoms with Gasteiger partial charge in [-0.15, -0.1) is 0 Å². The Morgan fingerprint density at radius 2 is 2.16 bits per heavy atom. The molecule has 1 atom stereocenters. The molecule has 2 aliphatic rings. The quantitative estimate of drug-likeness (QED) is 0.842. The highest BCUT2D eigenvalue weighted by molar-refractivity contribution is 6.03. The molecule has 2 fully saturated rings. The normalized spacial score (nSPS) is 21.0. The van der Waals surface area contributed by atoms with Gasteiger partial charge in [-0.05, 0) is 25.0 Å². The second kappa shape index (κ2) is 6.19.